The number of nitrogens with zero attached hydrogens (tertiary/aromatic N) is 1. The number of thiazole rings is 1. The Morgan fingerprint density at radius 3 is 2.79 bits per heavy atom. The lowest BCUT2D eigenvalue weighted by Gasteiger charge is -2.03. The Morgan fingerprint density at radius 1 is 1.42 bits per heavy atom. The fourth-order valence-electron chi connectivity index (χ4n) is 1.33. The van der Waals surface area contributed by atoms with E-state index in [1.165, 1.54) is 18.3 Å². The summed E-state index contributed by atoms with van der Waals surface area (Å²) in [6.07, 6.45) is -1.07. The van der Waals surface area contributed by atoms with Crippen molar-refractivity contribution in [2.24, 2.45) is 0 Å². The second-order valence-corrected chi connectivity index (χ2v) is 5.50. The molecule has 1 aromatic carbocycles. The first-order chi connectivity index (χ1) is 8.97. The quantitative estimate of drug-likeness (QED) is 0.911. The molecule has 0 aliphatic rings. The molecule has 19 heavy (non-hydrogen) atoms. The minimum absolute atomic E-state index is 0.423. The van der Waals surface area contributed by atoms with E-state index >= 15 is 0 Å². The van der Waals surface area contributed by atoms with Crippen LogP contribution in [-0.4, -0.2) is 22.1 Å². The lowest BCUT2D eigenvalue weighted by Crippen LogP contribution is -2.24. The molecule has 0 unspecified atom stereocenters. The van der Waals surface area contributed by atoms with Crippen LogP contribution in [0, 0.1) is 0 Å². The normalized spacial score (nSPS) is 12.2. The Balaban J connectivity index is 2.21. The molecule has 0 aliphatic carbocycles. The largest absolute Gasteiger partial charge is 0.384 e. The van der Waals surface area contributed by atoms with Crippen molar-refractivity contribution in [3.8, 4) is 11.3 Å². The van der Waals surface area contributed by atoms with Gasteiger partial charge in [-0.2, -0.15) is 0 Å². The number of benzene rings is 1. The second-order valence-electron chi connectivity index (χ2n) is 3.83. The molecule has 1 aromatic heterocycles. The minimum Gasteiger partial charge on any atom is -0.384 e. The molecule has 0 saturated carbocycles. The van der Waals surface area contributed by atoms with Gasteiger partial charge in [0.25, 0.3) is 5.91 Å². The van der Waals surface area contributed by atoms with Crippen molar-refractivity contribution in [3.05, 3.63) is 33.6 Å². The summed E-state index contributed by atoms with van der Waals surface area (Å²) in [5.74, 6) is -0.491. The van der Waals surface area contributed by atoms with Crippen LogP contribution >= 0.6 is 34.5 Å². The lowest BCUT2D eigenvalue weighted by atomic mass is 10.2. The molecule has 100 valence electrons. The number of nitrogens with one attached hydrogen (secondary N) is 1. The number of anilines is 1. The van der Waals surface area contributed by atoms with Crippen LogP contribution in [0.1, 0.15) is 6.92 Å². The van der Waals surface area contributed by atoms with Crippen LogP contribution in [0.5, 0.6) is 0 Å². The van der Waals surface area contributed by atoms with Gasteiger partial charge in [0.2, 0.25) is 0 Å². The molecule has 2 N–H and O–H groups in total. The smallest absolute Gasteiger partial charge is 0.254 e. The third-order valence-electron chi connectivity index (χ3n) is 2.33. The maximum atomic E-state index is 11.3. The van der Waals surface area contributed by atoms with Crippen molar-refractivity contribution >= 4 is 45.6 Å². The standard InChI is InChI=1S/C12H10Cl2N2O2S/c1-6(17)11(18)16-12-15-10(5-19-12)7-2-3-8(13)9(14)4-7/h2-6,17H,1H3,(H,15,16,18)/t6-/m1/s1. The average molecular weight is 317 g/mol. The van der Waals surface area contributed by atoms with Crippen LogP contribution in [0.15, 0.2) is 23.6 Å². The van der Waals surface area contributed by atoms with Gasteiger partial charge in [-0.1, -0.05) is 29.3 Å². The Kier molecular flexibility index (Phi) is 4.42. The third kappa shape index (κ3) is 3.45. The van der Waals surface area contributed by atoms with E-state index in [2.05, 4.69) is 10.3 Å². The van der Waals surface area contributed by atoms with Crippen LogP contribution in [0.4, 0.5) is 5.13 Å². The molecule has 7 heteroatoms. The van der Waals surface area contributed by atoms with Gasteiger partial charge in [-0.15, -0.1) is 11.3 Å². The monoisotopic (exact) mass is 316 g/mol. The third-order valence-corrected chi connectivity index (χ3v) is 3.83. The van der Waals surface area contributed by atoms with E-state index in [4.69, 9.17) is 28.3 Å². The van der Waals surface area contributed by atoms with Gasteiger partial charge in [0.1, 0.15) is 6.10 Å². The predicted octanol–water partition coefficient (Wildman–Crippen LogP) is 3.44. The zero-order valence-electron chi connectivity index (χ0n) is 9.85. The molecule has 0 bridgehead atoms. The van der Waals surface area contributed by atoms with Gasteiger partial charge in [-0.05, 0) is 19.1 Å². The van der Waals surface area contributed by atoms with E-state index in [-0.39, 0.29) is 0 Å². The molecule has 0 aliphatic heterocycles. The molecule has 2 aromatic rings. The number of carbonyl (C=O) groups is 1. The lowest BCUT2D eigenvalue weighted by molar-refractivity contribution is -0.123. The molecule has 2 rings (SSSR count). The highest BCUT2D eigenvalue weighted by Gasteiger charge is 2.12. The maximum Gasteiger partial charge on any atom is 0.254 e. The van der Waals surface area contributed by atoms with Crippen LogP contribution < -0.4 is 5.32 Å². The van der Waals surface area contributed by atoms with Gasteiger partial charge in [0.05, 0.1) is 15.7 Å². The summed E-state index contributed by atoms with van der Waals surface area (Å²) < 4.78 is 0. The molecule has 4 nitrogen and oxygen atoms in total. The van der Waals surface area contributed by atoms with Crippen molar-refractivity contribution in [3.63, 3.8) is 0 Å². The summed E-state index contributed by atoms with van der Waals surface area (Å²) in [5, 5.41) is 14.8. The molecular formula is C12H10Cl2N2O2S. The molecule has 1 amide bonds. The molecular weight excluding hydrogens is 307 g/mol. The number of aliphatic hydroxyl groups is 1. The summed E-state index contributed by atoms with van der Waals surface area (Å²) in [7, 11) is 0. The first kappa shape index (κ1) is 14.3. The van der Waals surface area contributed by atoms with Gasteiger partial charge < -0.3 is 5.11 Å². The number of rotatable bonds is 3. The Hall–Kier alpha value is -1.14. The zero-order chi connectivity index (χ0) is 14.0. The van der Waals surface area contributed by atoms with Gasteiger partial charge in [-0.3, -0.25) is 10.1 Å². The summed E-state index contributed by atoms with van der Waals surface area (Å²) in [5.41, 5.74) is 1.49. The summed E-state index contributed by atoms with van der Waals surface area (Å²) in [6.45, 7) is 1.39. The second kappa shape index (κ2) is 5.88. The number of aromatic nitrogens is 1. The van der Waals surface area contributed by atoms with E-state index < -0.39 is 12.0 Å². The summed E-state index contributed by atoms with van der Waals surface area (Å²) in [6, 6.07) is 5.19. The molecule has 0 fully saturated rings. The molecule has 1 heterocycles. The number of amides is 1. The number of hydrogen-bond acceptors (Lipinski definition) is 4. The highest BCUT2D eigenvalue weighted by atomic mass is 35.5. The minimum atomic E-state index is -1.07. The maximum absolute atomic E-state index is 11.3. The van der Waals surface area contributed by atoms with Crippen molar-refractivity contribution in [1.29, 1.82) is 0 Å². The summed E-state index contributed by atoms with van der Waals surface area (Å²) in [4.78, 5) is 15.6. The van der Waals surface area contributed by atoms with E-state index in [1.807, 2.05) is 0 Å². The number of carbonyl (C=O) groups excluding carboxylic acids is 1. The SMILES string of the molecule is C[C@@H](O)C(=O)Nc1nc(-c2ccc(Cl)c(Cl)c2)cs1. The van der Waals surface area contributed by atoms with Gasteiger partial charge in [0.15, 0.2) is 5.13 Å². The van der Waals surface area contributed by atoms with E-state index in [1.54, 1.807) is 23.6 Å². The van der Waals surface area contributed by atoms with Crippen molar-refractivity contribution in [1.82, 2.24) is 4.98 Å². The molecule has 0 radical (unpaired) electrons. The Bertz CT molecular complexity index is 614. The number of aliphatic hydroxyl groups excluding tert-OH is 1. The Labute approximate surface area is 124 Å². The van der Waals surface area contributed by atoms with E-state index in [9.17, 15) is 4.79 Å². The highest BCUT2D eigenvalue weighted by Crippen LogP contribution is 2.30. The highest BCUT2D eigenvalue weighted by molar-refractivity contribution is 7.14. The van der Waals surface area contributed by atoms with Crippen LogP contribution in [0.25, 0.3) is 11.3 Å². The van der Waals surface area contributed by atoms with E-state index in [0.717, 1.165) is 5.56 Å². The first-order valence-corrected chi connectivity index (χ1v) is 7.01. The Morgan fingerprint density at radius 2 is 2.16 bits per heavy atom. The topological polar surface area (TPSA) is 62.2 Å². The number of halogens is 2. The molecule has 0 saturated heterocycles. The zero-order valence-corrected chi connectivity index (χ0v) is 12.2. The fraction of sp³-hybridized carbons (Fsp3) is 0.167. The van der Waals surface area contributed by atoms with Gasteiger partial charge in [-0.25, -0.2) is 4.98 Å². The molecule has 1 atom stereocenters. The number of hydrogen-bond donors (Lipinski definition) is 2. The van der Waals surface area contributed by atoms with Crippen molar-refractivity contribution in [2.75, 3.05) is 5.32 Å². The van der Waals surface area contributed by atoms with Gasteiger partial charge in [0, 0.05) is 10.9 Å². The van der Waals surface area contributed by atoms with Gasteiger partial charge >= 0.3 is 0 Å². The van der Waals surface area contributed by atoms with Crippen LogP contribution in [-0.2, 0) is 4.79 Å². The van der Waals surface area contributed by atoms with Crippen molar-refractivity contribution < 1.29 is 9.90 Å². The summed E-state index contributed by atoms with van der Waals surface area (Å²) >= 11 is 13.0. The average Bonchev–Trinajstić information content (AvgIpc) is 2.81. The van der Waals surface area contributed by atoms with Crippen LogP contribution in [0.3, 0.4) is 0 Å². The predicted molar refractivity (Wildman–Crippen MR) is 77.9 cm³/mol. The first-order valence-electron chi connectivity index (χ1n) is 5.37. The molecule has 0 spiro atoms. The van der Waals surface area contributed by atoms with Crippen LogP contribution in [0.2, 0.25) is 10.0 Å². The van der Waals surface area contributed by atoms with E-state index in [0.29, 0.717) is 20.9 Å². The fourth-order valence-corrected chi connectivity index (χ4v) is 2.35. The van der Waals surface area contributed by atoms with Crippen molar-refractivity contribution in [2.45, 2.75) is 13.0 Å².